The fourth-order valence-corrected chi connectivity index (χ4v) is 2.71. The number of rotatable bonds is 14. The predicted molar refractivity (Wildman–Crippen MR) is 102 cm³/mol. The molecule has 0 atom stereocenters. The fourth-order valence-electron chi connectivity index (χ4n) is 2.21. The van der Waals surface area contributed by atoms with Crippen molar-refractivity contribution < 1.29 is 9.47 Å². The predicted octanol–water partition coefficient (Wildman–Crippen LogP) is 6.70. The van der Waals surface area contributed by atoms with Crippen molar-refractivity contribution in [2.24, 2.45) is 0 Å². The number of benzene rings is 1. The molecule has 0 aliphatic carbocycles. The van der Waals surface area contributed by atoms with Crippen LogP contribution in [0.15, 0.2) is 48.0 Å². The third-order valence-corrected chi connectivity index (χ3v) is 4.33. The zero-order chi connectivity index (χ0) is 16.8. The first-order valence-corrected chi connectivity index (χ1v) is 9.34. The monoisotopic (exact) mass is 380 g/mol. The van der Waals surface area contributed by atoms with Gasteiger partial charge in [0.05, 0.1) is 13.2 Å². The van der Waals surface area contributed by atoms with Crippen LogP contribution in [0.2, 0.25) is 0 Å². The molecule has 3 heteroatoms. The van der Waals surface area contributed by atoms with Gasteiger partial charge in [-0.2, -0.15) is 0 Å². The maximum absolute atomic E-state index is 5.85. The van der Waals surface area contributed by atoms with Crippen LogP contribution in [0.1, 0.15) is 51.4 Å². The summed E-state index contributed by atoms with van der Waals surface area (Å²) in [4.78, 5) is 0. The van der Waals surface area contributed by atoms with E-state index >= 15 is 0 Å². The molecule has 23 heavy (non-hydrogen) atoms. The van der Waals surface area contributed by atoms with Crippen LogP contribution < -0.4 is 9.47 Å². The SMILES string of the molecule is C=CCCCCCOc1cccc(OCCCCCC=C)c1Br. The van der Waals surface area contributed by atoms with Crippen LogP contribution >= 0.6 is 15.9 Å². The molecular formula is C20H29BrO2. The molecule has 0 N–H and O–H groups in total. The van der Waals surface area contributed by atoms with Crippen molar-refractivity contribution in [3.63, 3.8) is 0 Å². The van der Waals surface area contributed by atoms with E-state index < -0.39 is 0 Å². The Morgan fingerprint density at radius 2 is 1.26 bits per heavy atom. The Morgan fingerprint density at radius 1 is 0.783 bits per heavy atom. The Labute approximate surface area is 149 Å². The molecule has 1 aromatic carbocycles. The molecule has 0 radical (unpaired) electrons. The van der Waals surface area contributed by atoms with Crippen molar-refractivity contribution in [1.29, 1.82) is 0 Å². The Balaban J connectivity index is 2.29. The topological polar surface area (TPSA) is 18.5 Å². The highest BCUT2D eigenvalue weighted by Gasteiger charge is 2.07. The van der Waals surface area contributed by atoms with Crippen molar-refractivity contribution >= 4 is 15.9 Å². The quantitative estimate of drug-likeness (QED) is 0.264. The van der Waals surface area contributed by atoms with Crippen molar-refractivity contribution in [3.8, 4) is 11.5 Å². The van der Waals surface area contributed by atoms with E-state index in [4.69, 9.17) is 9.47 Å². The van der Waals surface area contributed by atoms with Gasteiger partial charge in [-0.3, -0.25) is 0 Å². The summed E-state index contributed by atoms with van der Waals surface area (Å²) >= 11 is 3.59. The molecule has 0 fully saturated rings. The minimum atomic E-state index is 0.737. The highest BCUT2D eigenvalue weighted by Crippen LogP contribution is 2.34. The van der Waals surface area contributed by atoms with Gasteiger partial charge in [-0.1, -0.05) is 18.2 Å². The Hall–Kier alpha value is -1.22. The summed E-state index contributed by atoms with van der Waals surface area (Å²) in [5.74, 6) is 1.72. The van der Waals surface area contributed by atoms with E-state index in [2.05, 4.69) is 29.1 Å². The molecule has 0 amide bonds. The number of halogens is 1. The van der Waals surface area contributed by atoms with Crippen LogP contribution in [0.3, 0.4) is 0 Å². The third kappa shape index (κ3) is 8.85. The van der Waals surface area contributed by atoms with Crippen molar-refractivity contribution in [1.82, 2.24) is 0 Å². The lowest BCUT2D eigenvalue weighted by molar-refractivity contribution is 0.287. The average Bonchev–Trinajstić information content (AvgIpc) is 2.56. The lowest BCUT2D eigenvalue weighted by Crippen LogP contribution is -2.01. The zero-order valence-electron chi connectivity index (χ0n) is 14.1. The van der Waals surface area contributed by atoms with Gasteiger partial charge in [0.2, 0.25) is 0 Å². The Kier molecular flexibility index (Phi) is 11.4. The van der Waals surface area contributed by atoms with Crippen molar-refractivity contribution in [2.75, 3.05) is 13.2 Å². The molecule has 128 valence electrons. The summed E-state index contributed by atoms with van der Waals surface area (Å²) in [6, 6.07) is 5.93. The van der Waals surface area contributed by atoms with Gasteiger partial charge in [0.15, 0.2) is 0 Å². The van der Waals surface area contributed by atoms with E-state index in [1.807, 2.05) is 30.4 Å². The highest BCUT2D eigenvalue weighted by molar-refractivity contribution is 9.10. The largest absolute Gasteiger partial charge is 0.492 e. The minimum Gasteiger partial charge on any atom is -0.492 e. The first kappa shape index (κ1) is 19.8. The normalized spacial score (nSPS) is 10.3. The van der Waals surface area contributed by atoms with Crippen LogP contribution in [0.5, 0.6) is 11.5 Å². The van der Waals surface area contributed by atoms with Gasteiger partial charge in [-0.15, -0.1) is 13.2 Å². The van der Waals surface area contributed by atoms with Gasteiger partial charge in [0, 0.05) is 0 Å². The summed E-state index contributed by atoms with van der Waals surface area (Å²) in [6.45, 7) is 8.95. The molecule has 1 rings (SSSR count). The molecule has 0 heterocycles. The summed E-state index contributed by atoms with van der Waals surface area (Å²) in [7, 11) is 0. The van der Waals surface area contributed by atoms with Crippen LogP contribution in [0, 0.1) is 0 Å². The lowest BCUT2D eigenvalue weighted by atomic mass is 10.2. The second kappa shape index (κ2) is 13.2. The van der Waals surface area contributed by atoms with Gasteiger partial charge in [0.25, 0.3) is 0 Å². The number of ether oxygens (including phenoxy) is 2. The lowest BCUT2D eigenvalue weighted by Gasteiger charge is -2.12. The minimum absolute atomic E-state index is 0.737. The molecule has 2 nitrogen and oxygen atoms in total. The van der Waals surface area contributed by atoms with Gasteiger partial charge >= 0.3 is 0 Å². The smallest absolute Gasteiger partial charge is 0.137 e. The maximum atomic E-state index is 5.85. The summed E-state index contributed by atoms with van der Waals surface area (Å²) in [6.07, 6.45) is 12.9. The van der Waals surface area contributed by atoms with E-state index in [1.165, 1.54) is 25.7 Å². The van der Waals surface area contributed by atoms with Gasteiger partial charge < -0.3 is 9.47 Å². The van der Waals surface area contributed by atoms with Gasteiger partial charge in [0.1, 0.15) is 16.0 Å². The summed E-state index contributed by atoms with van der Waals surface area (Å²) in [5, 5.41) is 0. The molecule has 0 aliphatic heterocycles. The molecule has 0 spiro atoms. The molecule has 0 saturated heterocycles. The maximum Gasteiger partial charge on any atom is 0.137 e. The zero-order valence-corrected chi connectivity index (χ0v) is 15.7. The Morgan fingerprint density at radius 3 is 1.70 bits per heavy atom. The first-order valence-electron chi connectivity index (χ1n) is 8.55. The van der Waals surface area contributed by atoms with E-state index in [-0.39, 0.29) is 0 Å². The molecule has 0 aliphatic rings. The molecule has 0 bridgehead atoms. The summed E-state index contributed by atoms with van der Waals surface area (Å²) < 4.78 is 12.6. The highest BCUT2D eigenvalue weighted by atomic mass is 79.9. The third-order valence-electron chi connectivity index (χ3n) is 3.55. The number of hydrogen-bond donors (Lipinski definition) is 0. The van der Waals surface area contributed by atoms with E-state index in [0.717, 1.165) is 54.9 Å². The van der Waals surface area contributed by atoms with E-state index in [9.17, 15) is 0 Å². The molecule has 0 saturated carbocycles. The van der Waals surface area contributed by atoms with E-state index in [1.54, 1.807) is 0 Å². The van der Waals surface area contributed by atoms with Crippen molar-refractivity contribution in [3.05, 3.63) is 48.0 Å². The number of unbranched alkanes of at least 4 members (excludes halogenated alkanes) is 6. The molecule has 0 aromatic heterocycles. The van der Waals surface area contributed by atoms with Crippen LogP contribution in [0.4, 0.5) is 0 Å². The van der Waals surface area contributed by atoms with Crippen LogP contribution in [-0.4, -0.2) is 13.2 Å². The van der Waals surface area contributed by atoms with Crippen LogP contribution in [0.25, 0.3) is 0 Å². The molecule has 0 unspecified atom stereocenters. The molecule has 1 aromatic rings. The fraction of sp³-hybridized carbons (Fsp3) is 0.500. The number of allylic oxidation sites excluding steroid dienone is 2. The van der Waals surface area contributed by atoms with Gasteiger partial charge in [-0.25, -0.2) is 0 Å². The Bertz CT molecular complexity index is 419. The van der Waals surface area contributed by atoms with Gasteiger partial charge in [-0.05, 0) is 79.4 Å². The van der Waals surface area contributed by atoms with Crippen molar-refractivity contribution in [2.45, 2.75) is 51.4 Å². The van der Waals surface area contributed by atoms with Crippen LogP contribution in [-0.2, 0) is 0 Å². The first-order chi connectivity index (χ1) is 11.3. The standard InChI is InChI=1S/C20H29BrO2/c1-3-5-7-9-11-16-22-18-14-13-15-19(20(18)21)23-17-12-10-8-6-4-2/h3-4,13-15H,1-2,5-12,16-17H2. The second-order valence-electron chi connectivity index (χ2n) is 5.54. The van der Waals surface area contributed by atoms with E-state index in [0.29, 0.717) is 0 Å². The number of hydrogen-bond acceptors (Lipinski definition) is 2. The summed E-state index contributed by atoms with van der Waals surface area (Å²) in [5.41, 5.74) is 0. The second-order valence-corrected chi connectivity index (χ2v) is 6.33. The molecular weight excluding hydrogens is 352 g/mol. The average molecular weight is 381 g/mol.